The van der Waals surface area contributed by atoms with Crippen molar-refractivity contribution in [3.63, 3.8) is 0 Å². The van der Waals surface area contributed by atoms with Gasteiger partial charge < -0.3 is 9.47 Å². The third-order valence-corrected chi connectivity index (χ3v) is 5.58. The van der Waals surface area contributed by atoms with Crippen LogP contribution in [0, 0.1) is 0 Å². The van der Waals surface area contributed by atoms with Crippen molar-refractivity contribution in [2.75, 3.05) is 0 Å². The molecule has 1 aliphatic carbocycles. The molecule has 2 aliphatic rings. The van der Waals surface area contributed by atoms with E-state index in [0.29, 0.717) is 11.5 Å². The normalized spacial score (nSPS) is 21.9. The summed E-state index contributed by atoms with van der Waals surface area (Å²) in [6.07, 6.45) is 0.411. The van der Waals surface area contributed by atoms with Crippen molar-refractivity contribution in [2.24, 2.45) is 0 Å². The first-order valence-corrected chi connectivity index (χ1v) is 7.86. The molecule has 2 atom stereocenters. The maximum absolute atomic E-state index is 6.23. The fourth-order valence-electron chi connectivity index (χ4n) is 2.84. The maximum atomic E-state index is 6.23. The molecule has 2 aromatic carbocycles. The van der Waals surface area contributed by atoms with Crippen LogP contribution in [-0.2, 0) is 6.42 Å². The Morgan fingerprint density at radius 3 is 2.14 bits per heavy atom. The second kappa shape index (κ2) is 4.85. The van der Waals surface area contributed by atoms with Gasteiger partial charge in [-0.2, -0.15) is 0 Å². The van der Waals surface area contributed by atoms with Crippen LogP contribution in [0.15, 0.2) is 24.3 Å². The van der Waals surface area contributed by atoms with E-state index in [1.807, 2.05) is 18.2 Å². The Kier molecular flexibility index (Phi) is 3.20. The van der Waals surface area contributed by atoms with Gasteiger partial charge in [0.1, 0.15) is 16.1 Å². The topological polar surface area (TPSA) is 18.5 Å². The summed E-state index contributed by atoms with van der Waals surface area (Å²) in [6.45, 7) is 0. The molecule has 0 aromatic heterocycles. The summed E-state index contributed by atoms with van der Waals surface area (Å²) in [7, 11) is 0. The minimum atomic E-state index is -0.209. The molecule has 0 saturated carbocycles. The van der Waals surface area contributed by atoms with Crippen LogP contribution in [0.4, 0.5) is 0 Å². The summed E-state index contributed by atoms with van der Waals surface area (Å²) in [4.78, 5) is 0. The smallest absolute Gasteiger partial charge is 0.184 e. The Morgan fingerprint density at radius 1 is 0.810 bits per heavy atom. The van der Waals surface area contributed by atoms with Gasteiger partial charge in [-0.15, -0.1) is 0 Å². The monoisotopic (exact) mass is 360 g/mol. The third kappa shape index (κ3) is 1.93. The van der Waals surface area contributed by atoms with Crippen LogP contribution >= 0.6 is 46.4 Å². The Hall–Kier alpha value is -0.800. The van der Waals surface area contributed by atoms with E-state index in [0.717, 1.165) is 12.0 Å². The number of hydrogen-bond donors (Lipinski definition) is 0. The highest BCUT2D eigenvalue weighted by Gasteiger charge is 2.42. The van der Waals surface area contributed by atoms with Crippen LogP contribution in [0.25, 0.3) is 0 Å². The van der Waals surface area contributed by atoms with Crippen molar-refractivity contribution in [3.8, 4) is 11.5 Å². The first-order chi connectivity index (χ1) is 10.1. The van der Waals surface area contributed by atoms with Crippen LogP contribution in [0.3, 0.4) is 0 Å². The zero-order valence-corrected chi connectivity index (χ0v) is 13.5. The molecule has 0 radical (unpaired) electrons. The van der Waals surface area contributed by atoms with Gasteiger partial charge in [-0.25, -0.2) is 0 Å². The number of hydrogen-bond acceptors (Lipinski definition) is 2. The number of ether oxygens (including phenoxy) is 2. The van der Waals surface area contributed by atoms with Crippen LogP contribution in [0.1, 0.15) is 17.2 Å². The van der Waals surface area contributed by atoms with E-state index in [9.17, 15) is 0 Å². The molecule has 1 aliphatic heterocycles. The first-order valence-electron chi connectivity index (χ1n) is 6.35. The van der Waals surface area contributed by atoms with Crippen molar-refractivity contribution >= 4 is 46.4 Å². The molecule has 4 rings (SSSR count). The van der Waals surface area contributed by atoms with E-state index in [1.165, 1.54) is 5.56 Å². The highest BCUT2D eigenvalue weighted by molar-refractivity contribution is 6.53. The van der Waals surface area contributed by atoms with Gasteiger partial charge in [-0.3, -0.25) is 0 Å². The van der Waals surface area contributed by atoms with Gasteiger partial charge in [-0.05, 0) is 11.1 Å². The summed E-state index contributed by atoms with van der Waals surface area (Å²) in [6, 6.07) is 8.07. The lowest BCUT2D eigenvalue weighted by Gasteiger charge is -2.31. The van der Waals surface area contributed by atoms with Gasteiger partial charge in [0.2, 0.25) is 0 Å². The predicted molar refractivity (Wildman–Crippen MR) is 84.4 cm³/mol. The molecular formula is C15H8Cl4O2. The van der Waals surface area contributed by atoms with E-state index in [-0.39, 0.29) is 32.3 Å². The lowest BCUT2D eigenvalue weighted by Crippen LogP contribution is -2.30. The fourth-order valence-corrected chi connectivity index (χ4v) is 3.75. The van der Waals surface area contributed by atoms with Gasteiger partial charge in [-0.1, -0.05) is 70.7 Å². The zero-order chi connectivity index (χ0) is 14.7. The average Bonchev–Trinajstić information content (AvgIpc) is 2.87. The number of fused-ring (bicyclic) bond motifs is 4. The molecular weight excluding hydrogens is 354 g/mol. The molecule has 6 heteroatoms. The largest absolute Gasteiger partial charge is 0.480 e. The Bertz CT molecular complexity index is 760. The van der Waals surface area contributed by atoms with Crippen molar-refractivity contribution in [2.45, 2.75) is 18.6 Å². The summed E-state index contributed by atoms with van der Waals surface area (Å²) in [5.41, 5.74) is 2.30. The molecule has 0 saturated heterocycles. The van der Waals surface area contributed by atoms with E-state index in [2.05, 4.69) is 6.07 Å². The van der Waals surface area contributed by atoms with E-state index in [1.54, 1.807) is 0 Å². The fraction of sp³-hybridized carbons (Fsp3) is 0.200. The van der Waals surface area contributed by atoms with E-state index >= 15 is 0 Å². The summed E-state index contributed by atoms with van der Waals surface area (Å²) in [5.74, 6) is 0.721. The third-order valence-electron chi connectivity index (χ3n) is 3.82. The quantitative estimate of drug-likeness (QED) is 0.440. The van der Waals surface area contributed by atoms with E-state index < -0.39 is 0 Å². The van der Waals surface area contributed by atoms with Crippen LogP contribution in [0.5, 0.6) is 11.5 Å². The maximum Gasteiger partial charge on any atom is 0.184 e. The van der Waals surface area contributed by atoms with Crippen molar-refractivity contribution in [3.05, 3.63) is 55.5 Å². The van der Waals surface area contributed by atoms with Crippen molar-refractivity contribution in [1.82, 2.24) is 0 Å². The van der Waals surface area contributed by atoms with Crippen molar-refractivity contribution < 1.29 is 9.47 Å². The molecule has 21 heavy (non-hydrogen) atoms. The first kappa shape index (κ1) is 13.8. The summed E-state index contributed by atoms with van der Waals surface area (Å²) >= 11 is 24.6. The average molecular weight is 362 g/mol. The minimum absolute atomic E-state index is 0.138. The molecule has 0 spiro atoms. The molecule has 0 fully saturated rings. The zero-order valence-electron chi connectivity index (χ0n) is 10.5. The standard InChI is InChI=1S/C15H8Cl4O2/c16-9-10(17)12(19)15-14(11(9)18)20-8-5-6-3-1-2-4-7(6)13(8)21-15/h1-4,8,13H,5H2. The van der Waals surface area contributed by atoms with Crippen LogP contribution in [0.2, 0.25) is 20.1 Å². The highest BCUT2D eigenvalue weighted by Crippen LogP contribution is 2.55. The summed E-state index contributed by atoms with van der Waals surface area (Å²) < 4.78 is 12.0. The molecule has 0 bridgehead atoms. The lowest BCUT2D eigenvalue weighted by molar-refractivity contribution is 0.0328. The molecule has 0 N–H and O–H groups in total. The second-order valence-electron chi connectivity index (χ2n) is 5.01. The van der Waals surface area contributed by atoms with Crippen LogP contribution in [-0.4, -0.2) is 6.10 Å². The number of benzene rings is 2. The summed E-state index contributed by atoms with van der Waals surface area (Å²) in [5, 5.41) is 0.814. The van der Waals surface area contributed by atoms with E-state index in [4.69, 9.17) is 55.9 Å². The highest BCUT2D eigenvalue weighted by atomic mass is 35.5. The minimum Gasteiger partial charge on any atom is -0.480 e. The molecule has 1 heterocycles. The second-order valence-corrected chi connectivity index (χ2v) is 6.52. The Labute approximate surface area is 141 Å². The molecule has 0 amide bonds. The van der Waals surface area contributed by atoms with Crippen molar-refractivity contribution in [1.29, 1.82) is 0 Å². The molecule has 2 nitrogen and oxygen atoms in total. The predicted octanol–water partition coefficient (Wildman–Crippen LogP) is 5.74. The lowest BCUT2D eigenvalue weighted by atomic mass is 10.1. The molecule has 2 aromatic rings. The van der Waals surface area contributed by atoms with Gasteiger partial charge >= 0.3 is 0 Å². The van der Waals surface area contributed by atoms with Gasteiger partial charge in [0, 0.05) is 6.42 Å². The van der Waals surface area contributed by atoms with Gasteiger partial charge in [0.05, 0.1) is 10.0 Å². The SMILES string of the molecule is Clc1c(Cl)c(Cl)c2c(c1Cl)OC1Cc3ccccc3C1O2. The number of rotatable bonds is 0. The van der Waals surface area contributed by atoms with Crippen LogP contribution < -0.4 is 9.47 Å². The van der Waals surface area contributed by atoms with Gasteiger partial charge in [0.25, 0.3) is 0 Å². The Balaban J connectivity index is 1.86. The molecule has 108 valence electrons. The Morgan fingerprint density at radius 2 is 1.43 bits per heavy atom. The molecule has 2 unspecified atom stereocenters. The number of halogens is 4. The van der Waals surface area contributed by atoms with Gasteiger partial charge in [0.15, 0.2) is 17.6 Å².